The number of hydrogen-bond acceptors (Lipinski definition) is 3. The predicted octanol–water partition coefficient (Wildman–Crippen LogP) is 3.78. The molecule has 0 aromatic heterocycles. The van der Waals surface area contributed by atoms with E-state index in [1.54, 1.807) is 17.0 Å². The van der Waals surface area contributed by atoms with Crippen LogP contribution in [0, 0.1) is 11.7 Å². The molecule has 2 aromatic carbocycles. The van der Waals surface area contributed by atoms with Gasteiger partial charge >= 0.3 is 0 Å². The molecule has 158 valence electrons. The number of anilines is 1. The van der Waals surface area contributed by atoms with Crippen molar-refractivity contribution < 1.29 is 14.0 Å². The Bertz CT molecular complexity index is 875. The van der Waals surface area contributed by atoms with Gasteiger partial charge in [0, 0.05) is 31.9 Å². The zero-order chi connectivity index (χ0) is 20.9. The number of benzene rings is 2. The van der Waals surface area contributed by atoms with Gasteiger partial charge in [0.25, 0.3) is 5.91 Å². The zero-order valence-corrected chi connectivity index (χ0v) is 17.1. The summed E-state index contributed by atoms with van der Waals surface area (Å²) in [6, 6.07) is 15.4. The predicted molar refractivity (Wildman–Crippen MR) is 115 cm³/mol. The van der Waals surface area contributed by atoms with Gasteiger partial charge in [-0.05, 0) is 43.0 Å². The average molecular weight is 410 g/mol. The largest absolute Gasteiger partial charge is 0.336 e. The number of carbonyl (C=O) groups excluding carboxylic acids is 2. The van der Waals surface area contributed by atoms with Crippen LogP contribution in [-0.4, -0.2) is 53.8 Å². The Morgan fingerprint density at radius 1 is 0.900 bits per heavy atom. The van der Waals surface area contributed by atoms with Crippen LogP contribution in [0.2, 0.25) is 0 Å². The molecule has 1 heterocycles. The number of nitrogens with zero attached hydrogens (tertiary/aromatic N) is 2. The molecule has 0 bridgehead atoms. The van der Waals surface area contributed by atoms with Crippen molar-refractivity contribution in [2.75, 3.05) is 31.5 Å². The van der Waals surface area contributed by atoms with Crippen molar-refractivity contribution in [2.24, 2.45) is 5.92 Å². The van der Waals surface area contributed by atoms with Gasteiger partial charge in [0.1, 0.15) is 5.82 Å². The number of para-hydroxylation sites is 1. The summed E-state index contributed by atoms with van der Waals surface area (Å²) in [5, 5.41) is 3.07. The van der Waals surface area contributed by atoms with Crippen molar-refractivity contribution in [1.29, 1.82) is 0 Å². The highest BCUT2D eigenvalue weighted by atomic mass is 19.1. The summed E-state index contributed by atoms with van der Waals surface area (Å²) in [5.74, 6) is -0.403. The van der Waals surface area contributed by atoms with E-state index in [2.05, 4.69) is 10.2 Å². The Hall–Kier alpha value is -2.73. The monoisotopic (exact) mass is 409 g/mol. The lowest BCUT2D eigenvalue weighted by Gasteiger charge is -2.40. The summed E-state index contributed by atoms with van der Waals surface area (Å²) in [4.78, 5) is 29.8. The number of nitrogens with one attached hydrogen (secondary N) is 1. The Kier molecular flexibility index (Phi) is 6.43. The van der Waals surface area contributed by atoms with Crippen molar-refractivity contribution in [1.82, 2.24) is 9.80 Å². The van der Waals surface area contributed by atoms with Crippen molar-refractivity contribution >= 4 is 17.5 Å². The first-order chi connectivity index (χ1) is 14.6. The van der Waals surface area contributed by atoms with E-state index in [1.165, 1.54) is 12.1 Å². The molecule has 30 heavy (non-hydrogen) atoms. The summed E-state index contributed by atoms with van der Waals surface area (Å²) in [5.41, 5.74) is 0.916. The summed E-state index contributed by atoms with van der Waals surface area (Å²) >= 11 is 0. The normalized spacial score (nSPS) is 18.9. The molecule has 2 fully saturated rings. The third-order valence-electron chi connectivity index (χ3n) is 6.26. The Balaban J connectivity index is 1.43. The van der Waals surface area contributed by atoms with E-state index in [9.17, 15) is 14.0 Å². The first-order valence-corrected chi connectivity index (χ1v) is 10.8. The van der Waals surface area contributed by atoms with Crippen LogP contribution in [0.5, 0.6) is 0 Å². The molecule has 1 aliphatic carbocycles. The lowest BCUT2D eigenvalue weighted by molar-refractivity contribution is -0.123. The van der Waals surface area contributed by atoms with Crippen LogP contribution in [0.3, 0.4) is 0 Å². The molecule has 1 N–H and O–H groups in total. The van der Waals surface area contributed by atoms with Gasteiger partial charge in [-0.2, -0.15) is 0 Å². The summed E-state index contributed by atoms with van der Waals surface area (Å²) in [7, 11) is 0. The summed E-state index contributed by atoms with van der Waals surface area (Å²) < 4.78 is 14.0. The van der Waals surface area contributed by atoms with Gasteiger partial charge < -0.3 is 10.2 Å². The highest BCUT2D eigenvalue weighted by molar-refractivity contribution is 5.95. The van der Waals surface area contributed by atoms with Gasteiger partial charge in [-0.3, -0.25) is 14.5 Å². The van der Waals surface area contributed by atoms with Crippen LogP contribution in [0.1, 0.15) is 36.0 Å². The molecule has 4 rings (SSSR count). The molecule has 0 unspecified atom stereocenters. The molecule has 2 amide bonds. The van der Waals surface area contributed by atoms with E-state index in [0.29, 0.717) is 32.1 Å². The number of piperazine rings is 1. The van der Waals surface area contributed by atoms with E-state index < -0.39 is 5.82 Å². The maximum Gasteiger partial charge on any atom is 0.256 e. The van der Waals surface area contributed by atoms with Crippen LogP contribution < -0.4 is 5.32 Å². The van der Waals surface area contributed by atoms with Crippen LogP contribution in [-0.2, 0) is 4.79 Å². The first kappa shape index (κ1) is 20.5. The Labute approximate surface area is 176 Å². The SMILES string of the molecule is O=C(Nc1ccccc1)[C@@H](C1CCCC1)N1CCN(C(=O)c2ccccc2F)CC1. The van der Waals surface area contributed by atoms with Gasteiger partial charge in [0.05, 0.1) is 11.6 Å². The summed E-state index contributed by atoms with van der Waals surface area (Å²) in [6.07, 6.45) is 4.43. The van der Waals surface area contributed by atoms with E-state index >= 15 is 0 Å². The van der Waals surface area contributed by atoms with Gasteiger partial charge in [-0.25, -0.2) is 4.39 Å². The first-order valence-electron chi connectivity index (χ1n) is 10.8. The van der Waals surface area contributed by atoms with E-state index in [-0.39, 0.29) is 23.4 Å². The lowest BCUT2D eigenvalue weighted by Crippen LogP contribution is -2.57. The van der Waals surface area contributed by atoms with Gasteiger partial charge in [0.2, 0.25) is 5.91 Å². The Morgan fingerprint density at radius 2 is 1.53 bits per heavy atom. The number of carbonyl (C=O) groups is 2. The zero-order valence-electron chi connectivity index (χ0n) is 17.1. The highest BCUT2D eigenvalue weighted by Crippen LogP contribution is 2.31. The minimum atomic E-state index is -0.490. The minimum Gasteiger partial charge on any atom is -0.336 e. The van der Waals surface area contributed by atoms with Crippen molar-refractivity contribution in [3.8, 4) is 0 Å². The molecule has 2 aromatic rings. The molecule has 1 saturated heterocycles. The molecule has 1 atom stereocenters. The highest BCUT2D eigenvalue weighted by Gasteiger charge is 2.37. The molecular formula is C24H28FN3O2. The topological polar surface area (TPSA) is 52.7 Å². The van der Waals surface area contributed by atoms with Gasteiger partial charge in [0.15, 0.2) is 0 Å². The fourth-order valence-electron chi connectivity index (χ4n) is 4.70. The van der Waals surface area contributed by atoms with Crippen molar-refractivity contribution in [2.45, 2.75) is 31.7 Å². The van der Waals surface area contributed by atoms with Crippen LogP contribution in [0.15, 0.2) is 54.6 Å². The molecule has 5 nitrogen and oxygen atoms in total. The molecule has 1 aliphatic heterocycles. The van der Waals surface area contributed by atoms with Crippen LogP contribution in [0.4, 0.5) is 10.1 Å². The third kappa shape index (κ3) is 4.54. The number of amides is 2. The molecular weight excluding hydrogens is 381 g/mol. The third-order valence-corrected chi connectivity index (χ3v) is 6.26. The maximum absolute atomic E-state index is 14.0. The van der Waals surface area contributed by atoms with E-state index in [1.807, 2.05) is 30.3 Å². The van der Waals surface area contributed by atoms with Crippen molar-refractivity contribution in [3.63, 3.8) is 0 Å². The van der Waals surface area contributed by atoms with Crippen LogP contribution in [0.25, 0.3) is 0 Å². The fourth-order valence-corrected chi connectivity index (χ4v) is 4.70. The standard InChI is InChI=1S/C24H28FN3O2/c25-21-13-7-6-12-20(21)24(30)28-16-14-27(15-17-28)22(18-8-4-5-9-18)23(29)26-19-10-2-1-3-11-19/h1-3,6-7,10-13,18,22H,4-5,8-9,14-17H2,(H,26,29)/t22-/m1/s1. The van der Waals surface area contributed by atoms with E-state index in [0.717, 1.165) is 31.4 Å². The maximum atomic E-state index is 14.0. The number of hydrogen-bond donors (Lipinski definition) is 1. The lowest BCUT2D eigenvalue weighted by atomic mass is 9.94. The summed E-state index contributed by atoms with van der Waals surface area (Å²) in [6.45, 7) is 2.22. The molecule has 0 spiro atoms. The second kappa shape index (κ2) is 9.39. The number of halogens is 1. The van der Waals surface area contributed by atoms with Gasteiger partial charge in [-0.15, -0.1) is 0 Å². The minimum absolute atomic E-state index is 0.0296. The molecule has 6 heteroatoms. The number of rotatable bonds is 5. The second-order valence-corrected chi connectivity index (χ2v) is 8.15. The second-order valence-electron chi connectivity index (χ2n) is 8.15. The molecule has 2 aliphatic rings. The smallest absolute Gasteiger partial charge is 0.256 e. The fraction of sp³-hybridized carbons (Fsp3) is 0.417. The average Bonchev–Trinajstić information content (AvgIpc) is 3.29. The molecule has 1 saturated carbocycles. The molecule has 0 radical (unpaired) electrons. The van der Waals surface area contributed by atoms with Crippen LogP contribution >= 0.6 is 0 Å². The Morgan fingerprint density at radius 3 is 2.20 bits per heavy atom. The quantitative estimate of drug-likeness (QED) is 0.818. The van der Waals surface area contributed by atoms with E-state index in [4.69, 9.17) is 0 Å². The van der Waals surface area contributed by atoms with Crippen molar-refractivity contribution in [3.05, 3.63) is 66.0 Å². The van der Waals surface area contributed by atoms with Gasteiger partial charge in [-0.1, -0.05) is 43.2 Å².